The Labute approximate surface area is 172 Å². The molecule has 0 unspecified atom stereocenters. The first-order valence-corrected chi connectivity index (χ1v) is 10.4. The van der Waals surface area contributed by atoms with Gasteiger partial charge < -0.3 is 20.4 Å². The first-order chi connectivity index (χ1) is 13.5. The van der Waals surface area contributed by atoms with Crippen LogP contribution in [0.2, 0.25) is 0 Å². The second-order valence-electron chi connectivity index (χ2n) is 6.12. The lowest BCUT2D eigenvalue weighted by Gasteiger charge is -2.31. The molecule has 0 aliphatic carbocycles. The molecule has 0 saturated carbocycles. The fourth-order valence-corrected chi connectivity index (χ4v) is 2.30. The maximum Gasteiger partial charge on any atom is 0.243 e. The van der Waals surface area contributed by atoms with Gasteiger partial charge in [-0.25, -0.2) is 0 Å². The smallest absolute Gasteiger partial charge is 0.243 e. The Bertz CT molecular complexity index is 440. The molecule has 7 heteroatoms. The average Bonchev–Trinajstić information content (AvgIpc) is 2.74. The summed E-state index contributed by atoms with van der Waals surface area (Å²) in [5, 5.41) is 5.09. The summed E-state index contributed by atoms with van der Waals surface area (Å²) in [6, 6.07) is 0. The van der Waals surface area contributed by atoms with Gasteiger partial charge in [-0.15, -0.1) is 0 Å². The number of hydrogen-bond acceptors (Lipinski definition) is 5. The van der Waals surface area contributed by atoms with E-state index in [1.165, 1.54) is 0 Å². The predicted molar refractivity (Wildman–Crippen MR) is 119 cm³/mol. The monoisotopic (exact) mass is 397 g/mol. The molecule has 0 bridgehead atoms. The van der Waals surface area contributed by atoms with Crippen molar-refractivity contribution >= 4 is 11.8 Å². The minimum atomic E-state index is -0.0397. The third-order valence-electron chi connectivity index (χ3n) is 4.25. The molecule has 1 heterocycles. The Kier molecular flexibility index (Phi) is 20.4. The number of nitrogens with zero attached hydrogens (tertiary/aromatic N) is 3. The quantitative estimate of drug-likeness (QED) is 0.602. The molecule has 0 aromatic carbocycles. The molecule has 1 aliphatic heterocycles. The first kappa shape index (κ1) is 28.5. The fraction of sp³-hybridized carbons (Fsp3) is 0.714. The van der Waals surface area contributed by atoms with Crippen LogP contribution in [0.25, 0.3) is 0 Å². The van der Waals surface area contributed by atoms with Gasteiger partial charge in [-0.1, -0.05) is 39.8 Å². The molecule has 164 valence electrons. The van der Waals surface area contributed by atoms with Crippen LogP contribution >= 0.6 is 0 Å². The van der Waals surface area contributed by atoms with Crippen molar-refractivity contribution in [3.8, 4) is 0 Å². The maximum atomic E-state index is 10.9. The standard InChI is InChI=1S/C10H19N3O.C9H18N2O.C2H6/c1-11-10(14)4-3-5-13-8-6-12(2)7-9-13;1-4-11(5-2)8-6-7-9(12)10-3;1-2/h3-4H,5-9H2,1-2H3,(H,11,14);6-7H,4-5,8H2,1-3H3,(H,10,12);1-2H3/b4-3+;7-6+;. The minimum absolute atomic E-state index is 0.0286. The molecule has 7 nitrogen and oxygen atoms in total. The molecule has 2 N–H and O–H groups in total. The van der Waals surface area contributed by atoms with E-state index in [9.17, 15) is 9.59 Å². The molecule has 0 aromatic rings. The van der Waals surface area contributed by atoms with E-state index >= 15 is 0 Å². The van der Waals surface area contributed by atoms with Gasteiger partial charge in [0.1, 0.15) is 0 Å². The van der Waals surface area contributed by atoms with Crippen LogP contribution in [0.3, 0.4) is 0 Å². The zero-order valence-corrected chi connectivity index (χ0v) is 19.1. The van der Waals surface area contributed by atoms with Gasteiger partial charge in [-0.05, 0) is 20.1 Å². The Morgan fingerprint density at radius 1 is 0.893 bits per heavy atom. The maximum absolute atomic E-state index is 10.9. The van der Waals surface area contributed by atoms with Gasteiger partial charge in [0.25, 0.3) is 0 Å². The summed E-state index contributed by atoms with van der Waals surface area (Å²) in [4.78, 5) is 28.5. The first-order valence-electron chi connectivity index (χ1n) is 10.4. The van der Waals surface area contributed by atoms with Gasteiger partial charge >= 0.3 is 0 Å². The van der Waals surface area contributed by atoms with Crippen LogP contribution in [0.5, 0.6) is 0 Å². The Morgan fingerprint density at radius 2 is 1.36 bits per heavy atom. The summed E-state index contributed by atoms with van der Waals surface area (Å²) in [5.74, 6) is -0.0683. The van der Waals surface area contributed by atoms with Crippen molar-refractivity contribution in [1.82, 2.24) is 25.3 Å². The lowest BCUT2D eigenvalue weighted by molar-refractivity contribution is -0.116. The highest BCUT2D eigenvalue weighted by Crippen LogP contribution is 1.98. The second kappa shape index (κ2) is 20.0. The number of rotatable bonds is 8. The van der Waals surface area contributed by atoms with Crippen LogP contribution < -0.4 is 10.6 Å². The van der Waals surface area contributed by atoms with E-state index in [0.29, 0.717) is 0 Å². The summed E-state index contributed by atoms with van der Waals surface area (Å²) in [5.41, 5.74) is 0. The number of amides is 2. The average molecular weight is 398 g/mol. The normalized spacial score (nSPS) is 15.0. The van der Waals surface area contributed by atoms with Crippen molar-refractivity contribution in [1.29, 1.82) is 0 Å². The van der Waals surface area contributed by atoms with Crippen LogP contribution in [0.4, 0.5) is 0 Å². The van der Waals surface area contributed by atoms with Crippen LogP contribution in [0.15, 0.2) is 24.3 Å². The number of nitrogens with one attached hydrogen (secondary N) is 2. The molecule has 1 rings (SSSR count). The van der Waals surface area contributed by atoms with E-state index in [2.05, 4.69) is 46.2 Å². The van der Waals surface area contributed by atoms with Gasteiger partial charge in [0.05, 0.1) is 0 Å². The van der Waals surface area contributed by atoms with Gasteiger partial charge in [-0.2, -0.15) is 0 Å². The van der Waals surface area contributed by atoms with E-state index in [1.54, 1.807) is 26.2 Å². The highest BCUT2D eigenvalue weighted by atomic mass is 16.2. The highest BCUT2D eigenvalue weighted by Gasteiger charge is 2.11. The lowest BCUT2D eigenvalue weighted by Crippen LogP contribution is -2.44. The number of likely N-dealkylation sites (N-methyl/N-ethyl adjacent to an activating group) is 4. The lowest BCUT2D eigenvalue weighted by atomic mass is 10.3. The van der Waals surface area contributed by atoms with Crippen molar-refractivity contribution in [2.24, 2.45) is 0 Å². The Morgan fingerprint density at radius 3 is 1.79 bits per heavy atom. The SMILES string of the molecule is CC.CCN(CC)C/C=C/C(=O)NC.CNC(=O)/C=C/CN1CCN(C)CC1. The van der Waals surface area contributed by atoms with Crippen molar-refractivity contribution in [3.63, 3.8) is 0 Å². The molecular weight excluding hydrogens is 354 g/mol. The van der Waals surface area contributed by atoms with E-state index in [0.717, 1.165) is 52.4 Å². The Hall–Kier alpha value is -1.70. The van der Waals surface area contributed by atoms with Crippen molar-refractivity contribution in [3.05, 3.63) is 24.3 Å². The molecule has 28 heavy (non-hydrogen) atoms. The number of carbonyl (C=O) groups excluding carboxylic acids is 2. The van der Waals surface area contributed by atoms with Crippen LogP contribution in [-0.4, -0.2) is 100 Å². The molecule has 0 spiro atoms. The largest absolute Gasteiger partial charge is 0.356 e. The van der Waals surface area contributed by atoms with Gasteiger partial charge in [0.2, 0.25) is 11.8 Å². The summed E-state index contributed by atoms with van der Waals surface area (Å²) in [6.07, 6.45) is 6.96. The van der Waals surface area contributed by atoms with E-state index in [-0.39, 0.29) is 11.8 Å². The summed E-state index contributed by atoms with van der Waals surface area (Å²) in [6.45, 7) is 16.4. The third-order valence-corrected chi connectivity index (χ3v) is 4.25. The van der Waals surface area contributed by atoms with E-state index < -0.39 is 0 Å². The van der Waals surface area contributed by atoms with Gasteiger partial charge in [0.15, 0.2) is 0 Å². The van der Waals surface area contributed by atoms with Crippen molar-refractivity contribution in [2.75, 3.05) is 73.5 Å². The molecule has 0 atom stereocenters. The summed E-state index contributed by atoms with van der Waals surface area (Å²) >= 11 is 0. The second-order valence-corrected chi connectivity index (χ2v) is 6.12. The molecule has 0 radical (unpaired) electrons. The molecule has 0 aromatic heterocycles. The van der Waals surface area contributed by atoms with Gasteiger partial charge in [0, 0.05) is 65.5 Å². The number of carbonyl (C=O) groups is 2. The fourth-order valence-electron chi connectivity index (χ4n) is 2.30. The highest BCUT2D eigenvalue weighted by molar-refractivity contribution is 5.87. The van der Waals surface area contributed by atoms with Crippen LogP contribution in [0, 0.1) is 0 Å². The van der Waals surface area contributed by atoms with Crippen LogP contribution in [0.1, 0.15) is 27.7 Å². The molecule has 1 aliphatic rings. The topological polar surface area (TPSA) is 67.9 Å². The summed E-state index contributed by atoms with van der Waals surface area (Å²) < 4.78 is 0. The number of piperazine rings is 1. The van der Waals surface area contributed by atoms with Crippen molar-refractivity contribution in [2.45, 2.75) is 27.7 Å². The zero-order chi connectivity index (χ0) is 21.8. The van der Waals surface area contributed by atoms with Gasteiger partial charge in [-0.3, -0.25) is 14.5 Å². The molecule has 1 saturated heterocycles. The summed E-state index contributed by atoms with van der Waals surface area (Å²) in [7, 11) is 5.41. The molecular formula is C21H43N5O2. The van der Waals surface area contributed by atoms with E-state index in [1.807, 2.05) is 26.0 Å². The number of hydrogen-bond donors (Lipinski definition) is 2. The predicted octanol–water partition coefficient (Wildman–Crippen LogP) is 1.19. The van der Waals surface area contributed by atoms with E-state index in [4.69, 9.17) is 0 Å². The minimum Gasteiger partial charge on any atom is -0.356 e. The Balaban J connectivity index is 0. The molecule has 2 amide bonds. The third kappa shape index (κ3) is 16.5. The van der Waals surface area contributed by atoms with Crippen molar-refractivity contribution < 1.29 is 9.59 Å². The van der Waals surface area contributed by atoms with Crippen LogP contribution in [-0.2, 0) is 9.59 Å². The zero-order valence-electron chi connectivity index (χ0n) is 19.1. The molecule has 1 fully saturated rings.